The number of anilines is 1. The Kier molecular flexibility index (Phi) is 3.41. The van der Waals surface area contributed by atoms with Gasteiger partial charge in [0, 0.05) is 30.6 Å². The highest BCUT2D eigenvalue weighted by Gasteiger charge is 2.32. The average Bonchev–Trinajstić information content (AvgIpc) is 3.31. The van der Waals surface area contributed by atoms with Crippen molar-refractivity contribution in [3.05, 3.63) is 42.0 Å². The lowest BCUT2D eigenvalue weighted by Crippen LogP contribution is -2.27. The van der Waals surface area contributed by atoms with E-state index in [1.807, 2.05) is 19.2 Å². The van der Waals surface area contributed by atoms with Gasteiger partial charge >= 0.3 is 0 Å². The van der Waals surface area contributed by atoms with Crippen molar-refractivity contribution in [1.82, 2.24) is 9.97 Å². The highest BCUT2D eigenvalue weighted by Crippen LogP contribution is 2.38. The van der Waals surface area contributed by atoms with Gasteiger partial charge in [0.1, 0.15) is 5.75 Å². The van der Waals surface area contributed by atoms with Crippen LogP contribution in [0.1, 0.15) is 30.5 Å². The molecule has 1 saturated carbocycles. The minimum Gasteiger partial charge on any atom is -0.493 e. The fourth-order valence-electron chi connectivity index (χ4n) is 2.92. The molecular weight excluding hydrogens is 290 g/mol. The molecule has 5 heteroatoms. The van der Waals surface area contributed by atoms with Crippen LogP contribution in [0.2, 0.25) is 0 Å². The van der Waals surface area contributed by atoms with Crippen molar-refractivity contribution < 1.29 is 9.53 Å². The second kappa shape index (κ2) is 5.57. The Balaban J connectivity index is 1.69. The topological polar surface area (TPSA) is 58.2 Å². The predicted molar refractivity (Wildman–Crippen MR) is 89.1 cm³/mol. The van der Waals surface area contributed by atoms with Crippen LogP contribution >= 0.6 is 0 Å². The maximum Gasteiger partial charge on any atom is 0.229 e. The number of rotatable bonds is 3. The molecule has 2 aromatic rings. The Morgan fingerprint density at radius 1 is 1.43 bits per heavy atom. The van der Waals surface area contributed by atoms with E-state index in [9.17, 15) is 4.79 Å². The van der Waals surface area contributed by atoms with Crippen molar-refractivity contribution in [3.8, 4) is 5.75 Å². The van der Waals surface area contributed by atoms with Crippen LogP contribution in [0.3, 0.4) is 0 Å². The van der Waals surface area contributed by atoms with Crippen LogP contribution in [0.5, 0.6) is 5.75 Å². The monoisotopic (exact) mass is 309 g/mol. The summed E-state index contributed by atoms with van der Waals surface area (Å²) in [5.41, 5.74) is 4.14. The van der Waals surface area contributed by atoms with Gasteiger partial charge in [-0.1, -0.05) is 0 Å². The fraction of sp³-hybridized carbons (Fsp3) is 0.333. The summed E-state index contributed by atoms with van der Waals surface area (Å²) in [7, 11) is 1.85. The van der Waals surface area contributed by atoms with E-state index in [0.717, 1.165) is 42.0 Å². The van der Waals surface area contributed by atoms with E-state index in [0.29, 0.717) is 6.61 Å². The number of amides is 1. The zero-order chi connectivity index (χ0) is 15.8. The molecule has 23 heavy (non-hydrogen) atoms. The molecule has 0 saturated heterocycles. The number of nitrogens with one attached hydrogen (secondary N) is 1. The van der Waals surface area contributed by atoms with Gasteiger partial charge in [0.2, 0.25) is 5.91 Å². The highest BCUT2D eigenvalue weighted by atomic mass is 16.5. The van der Waals surface area contributed by atoms with Gasteiger partial charge in [0.15, 0.2) is 0 Å². The molecule has 0 unspecified atom stereocenters. The van der Waals surface area contributed by atoms with E-state index in [1.165, 1.54) is 5.57 Å². The van der Waals surface area contributed by atoms with E-state index in [1.54, 1.807) is 17.4 Å². The summed E-state index contributed by atoms with van der Waals surface area (Å²) in [6.45, 7) is 0.670. The number of nitrogens with zero attached hydrogens (tertiary/aromatic N) is 2. The molecule has 0 radical (unpaired) electrons. The number of aromatic amines is 1. The van der Waals surface area contributed by atoms with Crippen LogP contribution in [0, 0.1) is 5.92 Å². The van der Waals surface area contributed by atoms with Gasteiger partial charge in [-0.3, -0.25) is 4.79 Å². The molecule has 4 rings (SSSR count). The largest absolute Gasteiger partial charge is 0.493 e. The first-order valence-corrected chi connectivity index (χ1v) is 7.96. The molecule has 1 aliphatic carbocycles. The third kappa shape index (κ3) is 2.74. The number of carbonyl (C=O) groups excluding carboxylic acids is 1. The van der Waals surface area contributed by atoms with Crippen LogP contribution in [0.25, 0.3) is 11.6 Å². The van der Waals surface area contributed by atoms with Crippen LogP contribution < -0.4 is 9.64 Å². The summed E-state index contributed by atoms with van der Waals surface area (Å²) in [6.07, 6.45) is 8.45. The zero-order valence-corrected chi connectivity index (χ0v) is 13.1. The van der Waals surface area contributed by atoms with Crippen molar-refractivity contribution >= 4 is 23.2 Å². The second-order valence-electron chi connectivity index (χ2n) is 6.13. The number of hydrogen-bond donors (Lipinski definition) is 1. The molecule has 2 aliphatic rings. The van der Waals surface area contributed by atoms with Gasteiger partial charge in [-0.25, -0.2) is 4.98 Å². The molecule has 0 atom stereocenters. The Bertz CT molecular complexity index is 761. The summed E-state index contributed by atoms with van der Waals surface area (Å²) in [5, 5.41) is 0. The number of H-pyrrole nitrogens is 1. The lowest BCUT2D eigenvalue weighted by molar-refractivity contribution is -0.119. The zero-order valence-electron chi connectivity index (χ0n) is 13.1. The van der Waals surface area contributed by atoms with E-state index in [-0.39, 0.29) is 11.8 Å². The van der Waals surface area contributed by atoms with Crippen molar-refractivity contribution in [2.75, 3.05) is 18.6 Å². The van der Waals surface area contributed by atoms with Crippen LogP contribution in [0.15, 0.2) is 30.7 Å². The molecule has 1 aromatic heterocycles. The minimum atomic E-state index is 0.209. The summed E-state index contributed by atoms with van der Waals surface area (Å²) in [6, 6.07) is 5.97. The fourth-order valence-corrected chi connectivity index (χ4v) is 2.92. The summed E-state index contributed by atoms with van der Waals surface area (Å²) in [4.78, 5) is 21.2. The molecule has 118 valence electrons. The van der Waals surface area contributed by atoms with E-state index in [2.05, 4.69) is 22.1 Å². The van der Waals surface area contributed by atoms with Gasteiger partial charge in [0.25, 0.3) is 0 Å². The minimum absolute atomic E-state index is 0.209. The van der Waals surface area contributed by atoms with Gasteiger partial charge in [-0.05, 0) is 42.7 Å². The molecule has 1 aromatic carbocycles. The normalized spacial score (nSPS) is 18.4. The molecule has 5 nitrogen and oxygen atoms in total. The van der Waals surface area contributed by atoms with E-state index >= 15 is 0 Å². The number of benzene rings is 1. The average molecular weight is 309 g/mol. The number of fused-ring (bicyclic) bond motifs is 1. The molecule has 1 fully saturated rings. The molecule has 0 spiro atoms. The highest BCUT2D eigenvalue weighted by molar-refractivity contribution is 5.97. The maximum absolute atomic E-state index is 12.3. The molecule has 1 aliphatic heterocycles. The van der Waals surface area contributed by atoms with E-state index in [4.69, 9.17) is 4.74 Å². The third-order valence-electron chi connectivity index (χ3n) is 4.43. The summed E-state index contributed by atoms with van der Waals surface area (Å²) in [5.74, 6) is 1.30. The SMILES string of the molecule is CN(C(=O)C1CC1)c1ccc2c(c1)C(=Cc1cnc[nH]1)CCO2. The van der Waals surface area contributed by atoms with Gasteiger partial charge in [0.05, 0.1) is 24.8 Å². The quantitative estimate of drug-likeness (QED) is 0.948. The molecule has 0 bridgehead atoms. The first-order chi connectivity index (χ1) is 11.2. The Labute approximate surface area is 135 Å². The second-order valence-corrected chi connectivity index (χ2v) is 6.13. The number of hydrogen-bond acceptors (Lipinski definition) is 3. The van der Waals surface area contributed by atoms with Crippen LogP contribution in [-0.4, -0.2) is 29.5 Å². The Morgan fingerprint density at radius 3 is 3.04 bits per heavy atom. The lowest BCUT2D eigenvalue weighted by atomic mass is 9.98. The maximum atomic E-state index is 12.3. The first kappa shape index (κ1) is 14.1. The lowest BCUT2D eigenvalue weighted by Gasteiger charge is -2.24. The van der Waals surface area contributed by atoms with Crippen LogP contribution in [-0.2, 0) is 4.79 Å². The van der Waals surface area contributed by atoms with Gasteiger partial charge in [-0.2, -0.15) is 0 Å². The summed E-state index contributed by atoms with van der Waals surface area (Å²) < 4.78 is 5.76. The van der Waals surface area contributed by atoms with Gasteiger partial charge < -0.3 is 14.6 Å². The molecular formula is C18H19N3O2. The predicted octanol–water partition coefficient (Wildman–Crippen LogP) is 3.11. The Morgan fingerprint density at radius 2 is 2.30 bits per heavy atom. The standard InChI is InChI=1S/C18H19N3O2/c1-21(18(22)12-2-3-12)15-4-5-17-16(9-15)13(6-7-23-17)8-14-10-19-11-20-14/h4-5,8-12H,2-3,6-7H2,1H3,(H,19,20). The molecule has 2 heterocycles. The number of ether oxygens (including phenoxy) is 1. The van der Waals surface area contributed by atoms with Crippen molar-refractivity contribution in [3.63, 3.8) is 0 Å². The van der Waals surface area contributed by atoms with Crippen molar-refractivity contribution in [2.24, 2.45) is 5.92 Å². The smallest absolute Gasteiger partial charge is 0.229 e. The third-order valence-corrected chi connectivity index (χ3v) is 4.43. The molecule has 1 amide bonds. The van der Waals surface area contributed by atoms with E-state index < -0.39 is 0 Å². The number of imidazole rings is 1. The molecule has 1 N–H and O–H groups in total. The Hall–Kier alpha value is -2.56. The summed E-state index contributed by atoms with van der Waals surface area (Å²) >= 11 is 0. The van der Waals surface area contributed by atoms with Gasteiger partial charge in [-0.15, -0.1) is 0 Å². The van der Waals surface area contributed by atoms with Crippen LogP contribution in [0.4, 0.5) is 5.69 Å². The van der Waals surface area contributed by atoms with Crippen molar-refractivity contribution in [2.45, 2.75) is 19.3 Å². The first-order valence-electron chi connectivity index (χ1n) is 7.96. The van der Waals surface area contributed by atoms with Crippen molar-refractivity contribution in [1.29, 1.82) is 0 Å². The number of carbonyl (C=O) groups is 1. The number of aromatic nitrogens is 2.